The molecule has 22 heavy (non-hydrogen) atoms. The van der Waals surface area contributed by atoms with E-state index in [0.717, 1.165) is 5.56 Å². The molecule has 1 heterocycles. The number of oxazole rings is 1. The minimum atomic E-state index is -0.401. The van der Waals surface area contributed by atoms with Crippen LogP contribution in [0.3, 0.4) is 0 Å². The molecule has 3 N–H and O–H groups in total. The lowest BCUT2D eigenvalue weighted by molar-refractivity contribution is -0.122. The Kier molecular flexibility index (Phi) is 5.21. The Balaban J connectivity index is 1.92. The van der Waals surface area contributed by atoms with Crippen LogP contribution < -0.4 is 11.1 Å². The van der Waals surface area contributed by atoms with Gasteiger partial charge in [0.25, 0.3) is 0 Å². The fourth-order valence-corrected chi connectivity index (χ4v) is 2.01. The normalized spacial score (nSPS) is 11.5. The summed E-state index contributed by atoms with van der Waals surface area (Å²) in [6.45, 7) is 4.15. The Morgan fingerprint density at radius 2 is 2.05 bits per heavy atom. The number of nitrogens with two attached hydrogens (primary N) is 1. The van der Waals surface area contributed by atoms with Gasteiger partial charge in [-0.2, -0.15) is 0 Å². The van der Waals surface area contributed by atoms with Crippen molar-refractivity contribution in [3.63, 3.8) is 0 Å². The molecule has 0 spiro atoms. The number of rotatable bonds is 6. The van der Waals surface area contributed by atoms with E-state index in [9.17, 15) is 4.79 Å². The molecule has 6 heteroatoms. The zero-order valence-electron chi connectivity index (χ0n) is 12.7. The number of aromatic nitrogens is 1. The van der Waals surface area contributed by atoms with Crippen LogP contribution in [0.5, 0.6) is 0 Å². The van der Waals surface area contributed by atoms with Gasteiger partial charge in [-0.05, 0) is 38.1 Å². The van der Waals surface area contributed by atoms with E-state index >= 15 is 0 Å². The van der Waals surface area contributed by atoms with Crippen molar-refractivity contribution in [2.75, 3.05) is 6.54 Å². The lowest BCUT2D eigenvalue weighted by Crippen LogP contribution is -2.48. The topological polar surface area (TPSA) is 81.1 Å². The quantitative estimate of drug-likeness (QED) is 0.857. The Hall–Kier alpha value is -1.85. The maximum Gasteiger partial charge on any atom is 0.220 e. The number of carbonyl (C=O) groups is 1. The van der Waals surface area contributed by atoms with E-state index in [4.69, 9.17) is 21.8 Å². The second-order valence-electron chi connectivity index (χ2n) is 5.76. The number of aryl methyl sites for hydroxylation is 1. The Bertz CT molecular complexity index is 635. The number of nitrogens with one attached hydrogen (secondary N) is 1. The lowest BCUT2D eigenvalue weighted by Gasteiger charge is -2.23. The molecule has 1 amide bonds. The zero-order chi connectivity index (χ0) is 16.2. The minimum Gasteiger partial charge on any atom is -0.441 e. The molecular weight excluding hydrogens is 302 g/mol. The van der Waals surface area contributed by atoms with Crippen LogP contribution in [0.1, 0.15) is 26.2 Å². The van der Waals surface area contributed by atoms with Gasteiger partial charge in [0.1, 0.15) is 0 Å². The number of hydrogen-bond donors (Lipinski definition) is 2. The van der Waals surface area contributed by atoms with Gasteiger partial charge >= 0.3 is 0 Å². The van der Waals surface area contributed by atoms with Gasteiger partial charge in [0.05, 0.1) is 6.20 Å². The molecule has 0 aliphatic carbocycles. The molecule has 0 saturated carbocycles. The SMILES string of the molecule is CC(C)(CN)NC(=O)CCc1ncc(-c2ccc(Cl)cc2)o1. The van der Waals surface area contributed by atoms with E-state index in [1.807, 2.05) is 26.0 Å². The summed E-state index contributed by atoms with van der Waals surface area (Å²) < 4.78 is 5.66. The van der Waals surface area contributed by atoms with Crippen LogP contribution in [-0.2, 0) is 11.2 Å². The summed E-state index contributed by atoms with van der Waals surface area (Å²) in [4.78, 5) is 16.1. The van der Waals surface area contributed by atoms with Crippen molar-refractivity contribution in [2.45, 2.75) is 32.2 Å². The predicted octanol–water partition coefficient (Wildman–Crippen LogP) is 2.78. The van der Waals surface area contributed by atoms with Crippen LogP contribution in [0.15, 0.2) is 34.9 Å². The first-order chi connectivity index (χ1) is 10.4. The number of amides is 1. The Morgan fingerprint density at radius 1 is 1.36 bits per heavy atom. The van der Waals surface area contributed by atoms with E-state index in [1.165, 1.54) is 0 Å². The summed E-state index contributed by atoms with van der Waals surface area (Å²) in [5.74, 6) is 1.13. The first kappa shape index (κ1) is 16.5. The van der Waals surface area contributed by atoms with Gasteiger partial charge in [0, 0.05) is 35.5 Å². The maximum atomic E-state index is 11.9. The molecule has 118 valence electrons. The van der Waals surface area contributed by atoms with Crippen molar-refractivity contribution in [1.82, 2.24) is 10.3 Å². The van der Waals surface area contributed by atoms with Crippen molar-refractivity contribution in [3.8, 4) is 11.3 Å². The monoisotopic (exact) mass is 321 g/mol. The fraction of sp³-hybridized carbons (Fsp3) is 0.375. The second kappa shape index (κ2) is 6.94. The third-order valence-electron chi connectivity index (χ3n) is 3.24. The van der Waals surface area contributed by atoms with Crippen molar-refractivity contribution >= 4 is 17.5 Å². The summed E-state index contributed by atoms with van der Waals surface area (Å²) in [5.41, 5.74) is 6.08. The van der Waals surface area contributed by atoms with Crippen molar-refractivity contribution < 1.29 is 9.21 Å². The molecule has 0 bridgehead atoms. The lowest BCUT2D eigenvalue weighted by atomic mass is 10.1. The highest BCUT2D eigenvalue weighted by Gasteiger charge is 2.18. The van der Waals surface area contributed by atoms with Crippen molar-refractivity contribution in [3.05, 3.63) is 41.4 Å². The summed E-state index contributed by atoms with van der Waals surface area (Å²) in [7, 11) is 0. The minimum absolute atomic E-state index is 0.0679. The van der Waals surface area contributed by atoms with Gasteiger partial charge in [0.2, 0.25) is 5.91 Å². The molecule has 2 aromatic rings. The van der Waals surface area contributed by atoms with Crippen molar-refractivity contribution in [1.29, 1.82) is 0 Å². The van der Waals surface area contributed by atoms with E-state index in [1.54, 1.807) is 18.3 Å². The van der Waals surface area contributed by atoms with Crippen LogP contribution in [0.4, 0.5) is 0 Å². The van der Waals surface area contributed by atoms with Crippen LogP contribution in [-0.4, -0.2) is 23.0 Å². The molecule has 0 atom stereocenters. The first-order valence-corrected chi connectivity index (χ1v) is 7.49. The van der Waals surface area contributed by atoms with Gasteiger partial charge in [-0.1, -0.05) is 11.6 Å². The summed E-state index contributed by atoms with van der Waals surface area (Å²) in [5, 5.41) is 3.54. The molecule has 0 radical (unpaired) electrons. The highest BCUT2D eigenvalue weighted by Crippen LogP contribution is 2.22. The average molecular weight is 322 g/mol. The highest BCUT2D eigenvalue weighted by atomic mass is 35.5. The van der Waals surface area contributed by atoms with E-state index in [-0.39, 0.29) is 5.91 Å². The number of halogens is 1. The molecule has 0 saturated heterocycles. The number of carbonyl (C=O) groups excluding carboxylic acids is 1. The third kappa shape index (κ3) is 4.58. The molecule has 5 nitrogen and oxygen atoms in total. The van der Waals surface area contributed by atoms with E-state index < -0.39 is 5.54 Å². The van der Waals surface area contributed by atoms with E-state index in [0.29, 0.717) is 36.1 Å². The van der Waals surface area contributed by atoms with E-state index in [2.05, 4.69) is 10.3 Å². The molecule has 0 aliphatic heterocycles. The van der Waals surface area contributed by atoms with Crippen LogP contribution >= 0.6 is 11.6 Å². The summed E-state index contributed by atoms with van der Waals surface area (Å²) in [6.07, 6.45) is 2.41. The third-order valence-corrected chi connectivity index (χ3v) is 3.49. The molecule has 0 aliphatic rings. The molecule has 0 fully saturated rings. The first-order valence-electron chi connectivity index (χ1n) is 7.11. The number of nitrogens with zero attached hydrogens (tertiary/aromatic N) is 1. The average Bonchev–Trinajstić information content (AvgIpc) is 2.94. The number of benzene rings is 1. The van der Waals surface area contributed by atoms with Crippen LogP contribution in [0, 0.1) is 0 Å². The maximum absolute atomic E-state index is 11.9. The van der Waals surface area contributed by atoms with Gasteiger partial charge < -0.3 is 15.5 Å². The Morgan fingerprint density at radius 3 is 2.68 bits per heavy atom. The summed E-state index contributed by atoms with van der Waals surface area (Å²) in [6, 6.07) is 7.31. The molecular formula is C16H20ClN3O2. The highest BCUT2D eigenvalue weighted by molar-refractivity contribution is 6.30. The van der Waals surface area contributed by atoms with Crippen LogP contribution in [0.25, 0.3) is 11.3 Å². The molecule has 2 rings (SSSR count). The molecule has 0 unspecified atom stereocenters. The van der Waals surface area contributed by atoms with Gasteiger partial charge in [0.15, 0.2) is 11.7 Å². The standard InChI is InChI=1S/C16H20ClN3O2/c1-16(2,10-18)20-14(21)7-8-15-19-9-13(22-15)11-3-5-12(17)6-4-11/h3-6,9H,7-8,10,18H2,1-2H3,(H,20,21). The van der Waals surface area contributed by atoms with Gasteiger partial charge in [-0.25, -0.2) is 4.98 Å². The smallest absolute Gasteiger partial charge is 0.220 e. The largest absolute Gasteiger partial charge is 0.441 e. The predicted molar refractivity (Wildman–Crippen MR) is 86.5 cm³/mol. The van der Waals surface area contributed by atoms with Gasteiger partial charge in [-0.3, -0.25) is 4.79 Å². The van der Waals surface area contributed by atoms with Crippen LogP contribution in [0.2, 0.25) is 5.02 Å². The second-order valence-corrected chi connectivity index (χ2v) is 6.20. The molecule has 1 aromatic carbocycles. The fourth-order valence-electron chi connectivity index (χ4n) is 1.88. The van der Waals surface area contributed by atoms with Crippen molar-refractivity contribution in [2.24, 2.45) is 5.73 Å². The molecule has 1 aromatic heterocycles. The number of hydrogen-bond acceptors (Lipinski definition) is 4. The Labute approximate surface area is 134 Å². The van der Waals surface area contributed by atoms with Gasteiger partial charge in [-0.15, -0.1) is 0 Å². The zero-order valence-corrected chi connectivity index (χ0v) is 13.5. The summed E-state index contributed by atoms with van der Waals surface area (Å²) >= 11 is 5.85.